The largest absolute Gasteiger partial charge is 0.504 e. The molecule has 1 heterocycles. The number of phenols is 1. The van der Waals surface area contributed by atoms with Gasteiger partial charge in [0.25, 0.3) is 5.91 Å². The number of thiocarbonyl (C=S) groups is 1. The molecule has 0 saturated carbocycles. The first-order valence-corrected chi connectivity index (χ1v) is 6.74. The van der Waals surface area contributed by atoms with E-state index in [4.69, 9.17) is 22.8 Å². The van der Waals surface area contributed by atoms with Gasteiger partial charge in [0.2, 0.25) is 0 Å². The number of thioether (sulfide) groups is 1. The molecule has 0 aliphatic carbocycles. The van der Waals surface area contributed by atoms with E-state index in [1.165, 1.54) is 6.07 Å². The minimum Gasteiger partial charge on any atom is -0.504 e. The summed E-state index contributed by atoms with van der Waals surface area (Å²) in [6.07, 6.45) is 1.66. The van der Waals surface area contributed by atoms with Gasteiger partial charge in [-0.15, -0.1) is 0 Å². The van der Waals surface area contributed by atoms with E-state index in [9.17, 15) is 9.90 Å². The number of amides is 1. The Labute approximate surface area is 120 Å². The van der Waals surface area contributed by atoms with Crippen molar-refractivity contribution in [2.45, 2.75) is 6.92 Å². The number of hydrazine groups is 1. The van der Waals surface area contributed by atoms with Crippen molar-refractivity contribution in [2.24, 2.45) is 5.84 Å². The van der Waals surface area contributed by atoms with E-state index in [2.05, 4.69) is 0 Å². The number of phenolic OH excluding ortho intramolecular Hbond substituents is 1. The molecular weight excluding hydrogens is 284 g/mol. The van der Waals surface area contributed by atoms with Crippen LogP contribution in [-0.2, 0) is 4.79 Å². The molecule has 0 radical (unpaired) electrons. The van der Waals surface area contributed by atoms with Crippen molar-refractivity contribution in [1.82, 2.24) is 5.01 Å². The van der Waals surface area contributed by atoms with Crippen molar-refractivity contribution in [1.29, 1.82) is 0 Å². The summed E-state index contributed by atoms with van der Waals surface area (Å²) < 4.78 is 5.60. The lowest BCUT2D eigenvalue weighted by molar-refractivity contribution is -0.122. The molecule has 5 nitrogen and oxygen atoms in total. The summed E-state index contributed by atoms with van der Waals surface area (Å²) >= 11 is 6.08. The fraction of sp³-hybridized carbons (Fsp3) is 0.167. The van der Waals surface area contributed by atoms with E-state index in [0.717, 1.165) is 22.3 Å². The van der Waals surface area contributed by atoms with Gasteiger partial charge in [-0.2, -0.15) is 0 Å². The van der Waals surface area contributed by atoms with E-state index in [1.54, 1.807) is 18.2 Å². The number of hydrogen-bond donors (Lipinski definition) is 2. The van der Waals surface area contributed by atoms with E-state index < -0.39 is 0 Å². The average molecular weight is 296 g/mol. The maximum atomic E-state index is 11.7. The fourth-order valence-electron chi connectivity index (χ4n) is 1.52. The molecular formula is C12H12N2O3S2. The van der Waals surface area contributed by atoms with Gasteiger partial charge in [-0.25, -0.2) is 10.9 Å². The standard InChI is InChI=1S/C12H12N2O3S2/c1-2-17-9-5-7(3-4-8(9)15)6-10-11(16)14(13)12(18)19-10/h3-6,15H,2,13H2,1H3/b10-6+. The lowest BCUT2D eigenvalue weighted by atomic mass is 10.2. The van der Waals surface area contributed by atoms with Crippen LogP contribution in [0.4, 0.5) is 0 Å². The Balaban J connectivity index is 2.31. The van der Waals surface area contributed by atoms with Crippen LogP contribution < -0.4 is 10.6 Å². The molecule has 3 N–H and O–H groups in total. The Kier molecular flexibility index (Phi) is 4.08. The Morgan fingerprint density at radius 1 is 1.58 bits per heavy atom. The molecule has 1 aromatic rings. The predicted octanol–water partition coefficient (Wildman–Crippen LogP) is 1.87. The van der Waals surface area contributed by atoms with Gasteiger partial charge in [0, 0.05) is 0 Å². The van der Waals surface area contributed by atoms with Crippen molar-refractivity contribution in [3.8, 4) is 11.5 Å². The molecule has 1 saturated heterocycles. The lowest BCUT2D eigenvalue weighted by Crippen LogP contribution is -2.34. The van der Waals surface area contributed by atoms with Crippen molar-refractivity contribution in [3.63, 3.8) is 0 Å². The number of carbonyl (C=O) groups is 1. The number of nitrogens with zero attached hydrogens (tertiary/aromatic N) is 1. The number of benzene rings is 1. The van der Waals surface area contributed by atoms with E-state index in [1.807, 2.05) is 6.92 Å². The summed E-state index contributed by atoms with van der Waals surface area (Å²) in [4.78, 5) is 12.2. The second kappa shape index (κ2) is 5.60. The van der Waals surface area contributed by atoms with Gasteiger partial charge >= 0.3 is 0 Å². The first-order valence-electron chi connectivity index (χ1n) is 5.51. The summed E-state index contributed by atoms with van der Waals surface area (Å²) in [5, 5.41) is 10.5. The normalized spacial score (nSPS) is 17.4. The van der Waals surface area contributed by atoms with Gasteiger partial charge < -0.3 is 9.84 Å². The topological polar surface area (TPSA) is 75.8 Å². The van der Waals surface area contributed by atoms with Gasteiger partial charge in [-0.3, -0.25) is 4.79 Å². The molecule has 19 heavy (non-hydrogen) atoms. The molecule has 100 valence electrons. The highest BCUT2D eigenvalue weighted by molar-refractivity contribution is 8.26. The molecule has 0 spiro atoms. The van der Waals surface area contributed by atoms with Crippen LogP contribution in [0.1, 0.15) is 12.5 Å². The number of hydrogen-bond acceptors (Lipinski definition) is 6. The maximum Gasteiger partial charge on any atom is 0.280 e. The smallest absolute Gasteiger partial charge is 0.280 e. The molecule has 1 aliphatic heterocycles. The van der Waals surface area contributed by atoms with Crippen LogP contribution in [-0.4, -0.2) is 27.0 Å². The van der Waals surface area contributed by atoms with Gasteiger partial charge in [-0.1, -0.05) is 30.0 Å². The van der Waals surface area contributed by atoms with Crippen molar-refractivity contribution < 1.29 is 14.6 Å². The molecule has 1 fully saturated rings. The van der Waals surface area contributed by atoms with Crippen LogP contribution in [0.15, 0.2) is 23.1 Å². The lowest BCUT2D eigenvalue weighted by Gasteiger charge is -2.06. The molecule has 0 atom stereocenters. The monoisotopic (exact) mass is 296 g/mol. The van der Waals surface area contributed by atoms with Crippen molar-refractivity contribution in [3.05, 3.63) is 28.7 Å². The molecule has 0 aromatic heterocycles. The molecule has 1 amide bonds. The molecule has 0 bridgehead atoms. The molecule has 2 rings (SSSR count). The number of nitrogens with two attached hydrogens (primary N) is 1. The first kappa shape index (κ1) is 13.9. The highest BCUT2D eigenvalue weighted by atomic mass is 32.2. The Morgan fingerprint density at radius 2 is 2.32 bits per heavy atom. The van der Waals surface area contributed by atoms with Gasteiger partial charge in [0.15, 0.2) is 15.8 Å². The minimum absolute atomic E-state index is 0.0605. The van der Waals surface area contributed by atoms with Crippen molar-refractivity contribution >= 4 is 40.3 Å². The van der Waals surface area contributed by atoms with Crippen molar-refractivity contribution in [2.75, 3.05) is 6.61 Å². The molecule has 1 aliphatic rings. The first-order chi connectivity index (χ1) is 9.02. The summed E-state index contributed by atoms with van der Waals surface area (Å²) in [5.41, 5.74) is 0.732. The number of carbonyl (C=O) groups excluding carboxylic acids is 1. The number of ether oxygens (including phenoxy) is 1. The van der Waals surface area contributed by atoms with Crippen LogP contribution >= 0.6 is 24.0 Å². The summed E-state index contributed by atoms with van der Waals surface area (Å²) in [6, 6.07) is 4.85. The molecule has 0 unspecified atom stereocenters. The van der Waals surface area contributed by atoms with Crippen LogP contribution in [0.2, 0.25) is 0 Å². The zero-order valence-electron chi connectivity index (χ0n) is 10.1. The zero-order chi connectivity index (χ0) is 14.0. The summed E-state index contributed by atoms with van der Waals surface area (Å²) in [7, 11) is 0. The number of rotatable bonds is 3. The summed E-state index contributed by atoms with van der Waals surface area (Å²) in [6.45, 7) is 2.27. The van der Waals surface area contributed by atoms with Crippen LogP contribution in [0, 0.1) is 0 Å². The fourth-order valence-corrected chi connectivity index (χ4v) is 2.63. The van der Waals surface area contributed by atoms with Crippen LogP contribution in [0.5, 0.6) is 11.5 Å². The second-order valence-electron chi connectivity index (χ2n) is 3.71. The Morgan fingerprint density at radius 3 is 2.89 bits per heavy atom. The summed E-state index contributed by atoms with van der Waals surface area (Å²) in [5.74, 6) is 5.59. The average Bonchev–Trinajstić information content (AvgIpc) is 2.62. The molecule has 1 aromatic carbocycles. The van der Waals surface area contributed by atoms with Gasteiger partial charge in [0.1, 0.15) is 0 Å². The third-order valence-electron chi connectivity index (χ3n) is 2.41. The molecule has 7 heteroatoms. The highest BCUT2D eigenvalue weighted by Gasteiger charge is 2.29. The van der Waals surface area contributed by atoms with Gasteiger partial charge in [-0.05, 0) is 30.7 Å². The Hall–Kier alpha value is -1.57. The maximum absolute atomic E-state index is 11.7. The van der Waals surface area contributed by atoms with Gasteiger partial charge in [0.05, 0.1) is 11.5 Å². The SMILES string of the molecule is CCOc1cc(/C=C2/SC(=S)N(N)C2=O)ccc1O. The third-order valence-corrected chi connectivity index (χ3v) is 3.74. The highest BCUT2D eigenvalue weighted by Crippen LogP contribution is 2.32. The third kappa shape index (κ3) is 2.89. The minimum atomic E-state index is -0.332. The van der Waals surface area contributed by atoms with Crippen LogP contribution in [0.25, 0.3) is 6.08 Å². The zero-order valence-corrected chi connectivity index (χ0v) is 11.8. The van der Waals surface area contributed by atoms with E-state index >= 15 is 0 Å². The second-order valence-corrected chi connectivity index (χ2v) is 5.39. The van der Waals surface area contributed by atoms with Crippen LogP contribution in [0.3, 0.4) is 0 Å². The number of aromatic hydroxyl groups is 1. The predicted molar refractivity (Wildman–Crippen MR) is 78.5 cm³/mol. The quantitative estimate of drug-likeness (QED) is 0.384. The van der Waals surface area contributed by atoms with E-state index in [0.29, 0.717) is 21.6 Å². The Bertz CT molecular complexity index is 572. The van der Waals surface area contributed by atoms with E-state index in [-0.39, 0.29) is 11.7 Å².